The number of carbonyl (C=O) groups is 1. The summed E-state index contributed by atoms with van der Waals surface area (Å²) in [6.07, 6.45) is 0. The molecular weight excluding hydrogens is 276 g/mol. The van der Waals surface area contributed by atoms with Crippen LogP contribution < -0.4 is 10.4 Å². The van der Waals surface area contributed by atoms with E-state index in [4.69, 9.17) is 9.84 Å². The molecule has 0 amide bonds. The Morgan fingerprint density at radius 1 is 1.33 bits per heavy atom. The molecule has 2 N–H and O–H groups in total. The van der Waals surface area contributed by atoms with Gasteiger partial charge in [-0.15, -0.1) is 5.10 Å². The molecule has 0 radical (unpaired) electrons. The van der Waals surface area contributed by atoms with Crippen LogP contribution in [0.3, 0.4) is 0 Å². The smallest absolute Gasteiger partial charge is 0.364 e. The van der Waals surface area contributed by atoms with Gasteiger partial charge < -0.3 is 9.84 Å². The summed E-state index contributed by atoms with van der Waals surface area (Å²) in [5, 5.41) is 19.0. The summed E-state index contributed by atoms with van der Waals surface area (Å²) in [6, 6.07) is 7.72. The summed E-state index contributed by atoms with van der Waals surface area (Å²) in [6.45, 7) is 1.67. The van der Waals surface area contributed by atoms with Gasteiger partial charge >= 0.3 is 11.7 Å². The number of carboxylic acids is 1. The molecule has 0 saturated heterocycles. The Kier molecular flexibility index (Phi) is 2.90. The first-order valence-electron chi connectivity index (χ1n) is 6.01. The number of aromatic amines is 1. The molecule has 3 rings (SSSR count). The second kappa shape index (κ2) is 4.75. The first kappa shape index (κ1) is 12.9. The largest absolute Gasteiger partial charge is 0.478 e. The first-order chi connectivity index (χ1) is 10.0. The number of fused-ring (bicyclic) bond motifs is 1. The molecule has 0 aliphatic rings. The van der Waals surface area contributed by atoms with E-state index in [1.54, 1.807) is 25.1 Å². The number of aromatic nitrogens is 4. The Morgan fingerprint density at radius 2 is 2.14 bits per heavy atom. The first-order valence-corrected chi connectivity index (χ1v) is 6.01. The molecule has 2 aromatic heterocycles. The molecule has 0 saturated carbocycles. The fourth-order valence-electron chi connectivity index (χ4n) is 1.90. The number of rotatable bonds is 3. The number of nitrogens with one attached hydrogen (secondary N) is 1. The third-order valence-corrected chi connectivity index (χ3v) is 2.90. The van der Waals surface area contributed by atoms with Crippen LogP contribution in [-0.2, 0) is 0 Å². The lowest BCUT2D eigenvalue weighted by molar-refractivity contribution is 0.0696. The molecule has 1 aromatic carbocycles. The van der Waals surface area contributed by atoms with Gasteiger partial charge in [0.05, 0.1) is 5.56 Å². The predicted molar refractivity (Wildman–Crippen MR) is 71.8 cm³/mol. The van der Waals surface area contributed by atoms with Crippen molar-refractivity contribution in [1.82, 2.24) is 19.8 Å². The van der Waals surface area contributed by atoms with Crippen molar-refractivity contribution in [3.63, 3.8) is 0 Å². The van der Waals surface area contributed by atoms with Crippen molar-refractivity contribution in [3.05, 3.63) is 51.9 Å². The van der Waals surface area contributed by atoms with Crippen molar-refractivity contribution in [2.45, 2.75) is 6.92 Å². The molecule has 21 heavy (non-hydrogen) atoms. The maximum Gasteiger partial charge on any atom is 0.364 e. The van der Waals surface area contributed by atoms with E-state index in [1.807, 2.05) is 0 Å². The zero-order valence-corrected chi connectivity index (χ0v) is 10.9. The number of nitrogens with zero attached hydrogens (tertiary/aromatic N) is 3. The highest BCUT2D eigenvalue weighted by atomic mass is 16.5. The molecule has 0 unspecified atom stereocenters. The highest BCUT2D eigenvalue weighted by molar-refractivity contribution is 5.89. The van der Waals surface area contributed by atoms with Crippen LogP contribution in [0.2, 0.25) is 0 Å². The number of H-pyrrole nitrogens is 1. The normalized spacial score (nSPS) is 10.7. The second-order valence-electron chi connectivity index (χ2n) is 4.35. The van der Waals surface area contributed by atoms with Gasteiger partial charge in [-0.05, 0) is 36.8 Å². The topological polar surface area (TPSA) is 110 Å². The summed E-state index contributed by atoms with van der Waals surface area (Å²) in [4.78, 5) is 22.4. The van der Waals surface area contributed by atoms with E-state index in [9.17, 15) is 9.59 Å². The number of benzene rings is 1. The minimum Gasteiger partial charge on any atom is -0.478 e. The molecule has 8 nitrogen and oxygen atoms in total. The average molecular weight is 286 g/mol. The molecule has 106 valence electrons. The lowest BCUT2D eigenvalue weighted by Crippen LogP contribution is -2.12. The Bertz CT molecular complexity index is 897. The number of ether oxygens (including phenoxy) is 1. The Labute approximate surface area is 117 Å². The molecule has 8 heteroatoms. The third kappa shape index (κ3) is 2.34. The minimum atomic E-state index is -0.997. The minimum absolute atomic E-state index is 0.202. The standard InChI is InChI=1S/C13H10N4O4/c1-7-6-8(2-3-9(7)12(18)19)21-11-5-4-10-14-15-13(20)17(10)16-11/h2-6H,1H3,(H,15,20)(H,18,19). The fraction of sp³-hybridized carbons (Fsp3) is 0.0769. The number of carboxylic acid groups (broad SMARTS) is 1. The molecule has 0 aliphatic carbocycles. The van der Waals surface area contributed by atoms with Crippen LogP contribution in [0.5, 0.6) is 11.6 Å². The highest BCUT2D eigenvalue weighted by Crippen LogP contribution is 2.22. The van der Waals surface area contributed by atoms with Gasteiger partial charge in [0.2, 0.25) is 5.88 Å². The van der Waals surface area contributed by atoms with E-state index < -0.39 is 11.7 Å². The summed E-state index contributed by atoms with van der Waals surface area (Å²) in [5.41, 5.74) is 0.691. The molecule has 0 atom stereocenters. The van der Waals surface area contributed by atoms with Crippen LogP contribution in [-0.4, -0.2) is 30.9 Å². The summed E-state index contributed by atoms with van der Waals surface area (Å²) in [5.74, 6) is -0.363. The van der Waals surface area contributed by atoms with E-state index in [0.717, 1.165) is 4.52 Å². The summed E-state index contributed by atoms with van der Waals surface area (Å²) < 4.78 is 6.60. The Morgan fingerprint density at radius 3 is 2.86 bits per heavy atom. The fourth-order valence-corrected chi connectivity index (χ4v) is 1.90. The van der Waals surface area contributed by atoms with Crippen LogP contribution >= 0.6 is 0 Å². The van der Waals surface area contributed by atoms with Crippen LogP contribution in [0.1, 0.15) is 15.9 Å². The van der Waals surface area contributed by atoms with E-state index in [-0.39, 0.29) is 11.4 Å². The number of hydrogen-bond acceptors (Lipinski definition) is 5. The Hall–Kier alpha value is -3.16. The zero-order valence-electron chi connectivity index (χ0n) is 10.9. The predicted octanol–water partition coefficient (Wildman–Crippen LogP) is 1.22. The number of hydrogen-bond donors (Lipinski definition) is 2. The van der Waals surface area contributed by atoms with Gasteiger partial charge in [0, 0.05) is 6.07 Å². The van der Waals surface area contributed by atoms with Crippen LogP contribution in [0, 0.1) is 6.92 Å². The van der Waals surface area contributed by atoms with Crippen LogP contribution in [0.15, 0.2) is 35.1 Å². The second-order valence-corrected chi connectivity index (χ2v) is 4.35. The third-order valence-electron chi connectivity index (χ3n) is 2.90. The average Bonchev–Trinajstić information content (AvgIpc) is 2.80. The van der Waals surface area contributed by atoms with Crippen molar-refractivity contribution in [2.75, 3.05) is 0 Å². The van der Waals surface area contributed by atoms with Crippen molar-refractivity contribution >= 4 is 11.6 Å². The van der Waals surface area contributed by atoms with Crippen molar-refractivity contribution in [1.29, 1.82) is 0 Å². The Balaban J connectivity index is 1.94. The van der Waals surface area contributed by atoms with E-state index in [0.29, 0.717) is 17.0 Å². The van der Waals surface area contributed by atoms with Crippen LogP contribution in [0.25, 0.3) is 5.65 Å². The van der Waals surface area contributed by atoms with Gasteiger partial charge in [-0.1, -0.05) is 0 Å². The van der Waals surface area contributed by atoms with Gasteiger partial charge in [0.25, 0.3) is 0 Å². The molecule has 0 aliphatic heterocycles. The van der Waals surface area contributed by atoms with E-state index in [2.05, 4.69) is 15.3 Å². The summed E-state index contributed by atoms with van der Waals surface area (Å²) in [7, 11) is 0. The summed E-state index contributed by atoms with van der Waals surface area (Å²) >= 11 is 0. The van der Waals surface area contributed by atoms with Crippen molar-refractivity contribution in [2.24, 2.45) is 0 Å². The van der Waals surface area contributed by atoms with Gasteiger partial charge in [-0.3, -0.25) is 0 Å². The monoisotopic (exact) mass is 286 g/mol. The molecule has 0 fully saturated rings. The molecule has 2 heterocycles. The van der Waals surface area contributed by atoms with Gasteiger partial charge in [-0.25, -0.2) is 14.7 Å². The maximum atomic E-state index is 11.4. The number of aryl methyl sites for hydroxylation is 1. The lowest BCUT2D eigenvalue weighted by atomic mass is 10.1. The lowest BCUT2D eigenvalue weighted by Gasteiger charge is -2.07. The van der Waals surface area contributed by atoms with Crippen LogP contribution in [0.4, 0.5) is 0 Å². The molecule has 3 aromatic rings. The van der Waals surface area contributed by atoms with Crippen molar-refractivity contribution in [3.8, 4) is 11.6 Å². The van der Waals surface area contributed by atoms with Gasteiger partial charge in [0.1, 0.15) is 5.75 Å². The quantitative estimate of drug-likeness (QED) is 0.749. The van der Waals surface area contributed by atoms with E-state index in [1.165, 1.54) is 12.1 Å². The van der Waals surface area contributed by atoms with E-state index >= 15 is 0 Å². The maximum absolute atomic E-state index is 11.4. The molecule has 0 spiro atoms. The van der Waals surface area contributed by atoms with Gasteiger partial charge in [0.15, 0.2) is 5.65 Å². The van der Waals surface area contributed by atoms with Gasteiger partial charge in [-0.2, -0.15) is 9.61 Å². The molecular formula is C13H10N4O4. The molecule has 0 bridgehead atoms. The zero-order chi connectivity index (χ0) is 15.0. The highest BCUT2D eigenvalue weighted by Gasteiger charge is 2.09. The number of aromatic carboxylic acids is 1. The van der Waals surface area contributed by atoms with Crippen molar-refractivity contribution < 1.29 is 14.6 Å². The SMILES string of the molecule is Cc1cc(Oc2ccc3n[nH]c(=O)n3n2)ccc1C(=O)O.